The van der Waals surface area contributed by atoms with Crippen LogP contribution in [-0.4, -0.2) is 39.1 Å². The quantitative estimate of drug-likeness (QED) is 0.265. The number of fused-ring (bicyclic) bond motifs is 2. The first-order valence-electron chi connectivity index (χ1n) is 11.8. The number of hydrogen-bond donors (Lipinski definition) is 1. The molecule has 3 aromatic carbocycles. The predicted molar refractivity (Wildman–Crippen MR) is 146 cm³/mol. The number of aromatic nitrogens is 1. The van der Waals surface area contributed by atoms with Gasteiger partial charge in [0.05, 0.1) is 17.3 Å². The van der Waals surface area contributed by atoms with Gasteiger partial charge in [-0.25, -0.2) is 0 Å². The lowest BCUT2D eigenvalue weighted by molar-refractivity contribution is -0.551. The lowest BCUT2D eigenvalue weighted by Gasteiger charge is -2.16. The van der Waals surface area contributed by atoms with Crippen molar-refractivity contribution in [2.75, 3.05) is 44.4 Å². The molecule has 4 nitrogen and oxygen atoms in total. The molecule has 0 bridgehead atoms. The molecule has 0 aliphatic carbocycles. The van der Waals surface area contributed by atoms with E-state index in [1.54, 1.807) is 0 Å². The number of hydrogen-bond acceptors (Lipinski definition) is 4. The highest BCUT2D eigenvalue weighted by Crippen LogP contribution is 2.45. The average molecular weight is 468 g/mol. The van der Waals surface area contributed by atoms with E-state index in [1.165, 1.54) is 32.1 Å². The van der Waals surface area contributed by atoms with Crippen molar-refractivity contribution in [2.24, 2.45) is 0 Å². The number of nitrogens with zero attached hydrogens (tertiary/aromatic N) is 3. The zero-order valence-electron chi connectivity index (χ0n) is 20.0. The fourth-order valence-electron chi connectivity index (χ4n) is 4.43. The van der Waals surface area contributed by atoms with Gasteiger partial charge in [0.25, 0.3) is 5.82 Å². The van der Waals surface area contributed by atoms with Crippen LogP contribution in [0.2, 0.25) is 0 Å². The maximum atomic E-state index is 3.74. The zero-order chi connectivity index (χ0) is 23.5. The fourth-order valence-corrected chi connectivity index (χ4v) is 5.53. The molecule has 0 spiro atoms. The smallest absolute Gasteiger partial charge is 0.280 e. The van der Waals surface area contributed by atoms with E-state index < -0.39 is 0 Å². The van der Waals surface area contributed by atoms with Crippen molar-refractivity contribution >= 4 is 40.2 Å². The van der Waals surface area contributed by atoms with Crippen LogP contribution in [0.1, 0.15) is 12.0 Å². The standard InChI is InChI=1S/C29H30N4S/c1-31(2)19-11-18-30-28-20-22(21-29-32(3)26-16-9-10-17-27(26)34-29)24-14-7-8-15-25(24)33(28)23-12-5-4-6-13-23/h4-10,12-17,20-21H,11,18-19H2,1-3H3/p+1/b29-21-. The monoisotopic (exact) mass is 467 g/mol. The van der Waals surface area contributed by atoms with E-state index in [1.807, 2.05) is 11.8 Å². The number of thioether (sulfide) groups is 1. The second-order valence-corrected chi connectivity index (χ2v) is 9.93. The van der Waals surface area contributed by atoms with Gasteiger partial charge in [0.2, 0.25) is 0 Å². The Bertz CT molecular complexity index is 1330. The lowest BCUT2D eigenvalue weighted by Crippen LogP contribution is -2.36. The molecule has 1 aromatic heterocycles. The summed E-state index contributed by atoms with van der Waals surface area (Å²) in [6.07, 6.45) is 3.41. The van der Waals surface area contributed by atoms with Crippen LogP contribution in [-0.2, 0) is 0 Å². The number of benzene rings is 3. The molecule has 0 atom stereocenters. The van der Waals surface area contributed by atoms with Gasteiger partial charge in [-0.2, -0.15) is 4.57 Å². The Labute approximate surface area is 206 Å². The summed E-state index contributed by atoms with van der Waals surface area (Å²) < 4.78 is 2.34. The molecular weight excluding hydrogens is 436 g/mol. The summed E-state index contributed by atoms with van der Waals surface area (Å²) in [5.41, 5.74) is 4.84. The Morgan fingerprint density at radius 1 is 0.941 bits per heavy atom. The van der Waals surface area contributed by atoms with E-state index in [0.717, 1.165) is 31.0 Å². The number of para-hydroxylation sites is 3. The van der Waals surface area contributed by atoms with Crippen LogP contribution in [0.25, 0.3) is 22.7 Å². The normalized spacial score (nSPS) is 14.2. The first-order valence-corrected chi connectivity index (χ1v) is 12.6. The van der Waals surface area contributed by atoms with Gasteiger partial charge in [0, 0.05) is 29.9 Å². The van der Waals surface area contributed by atoms with Gasteiger partial charge in [-0.05, 0) is 62.5 Å². The van der Waals surface area contributed by atoms with E-state index in [2.05, 4.69) is 132 Å². The molecule has 0 radical (unpaired) electrons. The van der Waals surface area contributed by atoms with Crippen molar-refractivity contribution < 1.29 is 4.57 Å². The molecule has 0 fully saturated rings. The molecule has 0 amide bonds. The molecule has 2 heterocycles. The Kier molecular flexibility index (Phi) is 6.57. The summed E-state index contributed by atoms with van der Waals surface area (Å²) in [4.78, 5) is 5.82. The van der Waals surface area contributed by atoms with Crippen molar-refractivity contribution in [2.45, 2.75) is 11.3 Å². The van der Waals surface area contributed by atoms with Crippen LogP contribution >= 0.6 is 11.8 Å². The SMILES string of the molecule is CN(C)CCCNc1cc(/C=C2\Sc3ccccc3N2C)c2ccccc2[n+]1-c1ccccc1. The van der Waals surface area contributed by atoms with Crippen LogP contribution in [0.15, 0.2) is 94.9 Å². The topological polar surface area (TPSA) is 22.4 Å². The Balaban J connectivity index is 1.62. The second-order valence-electron chi connectivity index (χ2n) is 8.87. The molecule has 1 aliphatic rings. The molecule has 1 N–H and O–H groups in total. The van der Waals surface area contributed by atoms with Crippen molar-refractivity contribution in [3.05, 3.63) is 95.5 Å². The third-order valence-electron chi connectivity index (χ3n) is 6.14. The minimum absolute atomic E-state index is 0.916. The van der Waals surface area contributed by atoms with Gasteiger partial charge < -0.3 is 9.80 Å². The third-order valence-corrected chi connectivity index (χ3v) is 7.31. The molecule has 5 rings (SSSR count). The maximum absolute atomic E-state index is 3.74. The van der Waals surface area contributed by atoms with Crippen LogP contribution in [0, 0.1) is 0 Å². The zero-order valence-corrected chi connectivity index (χ0v) is 20.8. The highest BCUT2D eigenvalue weighted by molar-refractivity contribution is 8.03. The number of rotatable bonds is 7. The summed E-state index contributed by atoms with van der Waals surface area (Å²) in [7, 11) is 6.40. The van der Waals surface area contributed by atoms with Crippen LogP contribution in [0.3, 0.4) is 0 Å². The van der Waals surface area contributed by atoms with E-state index in [-0.39, 0.29) is 0 Å². The van der Waals surface area contributed by atoms with Gasteiger partial charge in [-0.3, -0.25) is 5.32 Å². The largest absolute Gasteiger partial charge is 0.338 e. The van der Waals surface area contributed by atoms with Crippen molar-refractivity contribution in [1.29, 1.82) is 0 Å². The second kappa shape index (κ2) is 9.92. The van der Waals surface area contributed by atoms with E-state index in [4.69, 9.17) is 0 Å². The first-order chi connectivity index (χ1) is 16.6. The van der Waals surface area contributed by atoms with Crippen molar-refractivity contribution in [1.82, 2.24) is 4.90 Å². The van der Waals surface area contributed by atoms with E-state index >= 15 is 0 Å². The first kappa shape index (κ1) is 22.5. The summed E-state index contributed by atoms with van der Waals surface area (Å²) in [6.45, 7) is 1.97. The van der Waals surface area contributed by atoms with Gasteiger partial charge in [-0.15, -0.1) is 0 Å². The molecule has 1 aliphatic heterocycles. The van der Waals surface area contributed by atoms with Crippen molar-refractivity contribution in [3.63, 3.8) is 0 Å². The fraction of sp³-hybridized carbons (Fsp3) is 0.207. The molecular formula is C29H31N4S+. The number of nitrogens with one attached hydrogen (secondary N) is 1. The van der Waals surface area contributed by atoms with Gasteiger partial charge in [0.15, 0.2) is 0 Å². The third kappa shape index (κ3) is 4.54. The van der Waals surface area contributed by atoms with Crippen LogP contribution < -0.4 is 14.8 Å². The Hall–Kier alpha value is -3.28. The highest BCUT2D eigenvalue weighted by Gasteiger charge is 2.23. The van der Waals surface area contributed by atoms with E-state index in [0.29, 0.717) is 0 Å². The summed E-state index contributed by atoms with van der Waals surface area (Å²) >= 11 is 1.83. The Morgan fingerprint density at radius 2 is 1.68 bits per heavy atom. The average Bonchev–Trinajstić information content (AvgIpc) is 3.17. The van der Waals surface area contributed by atoms with Gasteiger partial charge in [0.1, 0.15) is 11.2 Å². The summed E-state index contributed by atoms with van der Waals surface area (Å²) in [6, 6.07) is 30.2. The number of pyridine rings is 1. The van der Waals surface area contributed by atoms with Gasteiger partial charge in [-0.1, -0.05) is 60.3 Å². The van der Waals surface area contributed by atoms with Crippen LogP contribution in [0.4, 0.5) is 11.5 Å². The molecule has 172 valence electrons. The minimum Gasteiger partial charge on any atom is -0.338 e. The number of anilines is 2. The Morgan fingerprint density at radius 3 is 2.47 bits per heavy atom. The highest BCUT2D eigenvalue weighted by atomic mass is 32.2. The molecule has 4 aromatic rings. The molecule has 0 unspecified atom stereocenters. The lowest BCUT2D eigenvalue weighted by atomic mass is 10.1. The van der Waals surface area contributed by atoms with Crippen LogP contribution in [0.5, 0.6) is 0 Å². The molecule has 0 saturated carbocycles. The molecule has 5 heteroatoms. The van der Waals surface area contributed by atoms with Gasteiger partial charge >= 0.3 is 0 Å². The molecule has 34 heavy (non-hydrogen) atoms. The van der Waals surface area contributed by atoms with Crippen molar-refractivity contribution in [3.8, 4) is 5.69 Å². The van der Waals surface area contributed by atoms with E-state index in [9.17, 15) is 0 Å². The predicted octanol–water partition coefficient (Wildman–Crippen LogP) is 6.02. The molecule has 0 saturated heterocycles. The maximum Gasteiger partial charge on any atom is 0.280 e. The summed E-state index contributed by atoms with van der Waals surface area (Å²) in [5, 5.41) is 6.22. The minimum atomic E-state index is 0.916. The summed E-state index contributed by atoms with van der Waals surface area (Å²) in [5.74, 6) is 1.11.